The second-order valence-electron chi connectivity index (χ2n) is 2.71. The predicted molar refractivity (Wildman–Crippen MR) is 70.4 cm³/mol. The summed E-state index contributed by atoms with van der Waals surface area (Å²) in [5.74, 6) is -2.50. The van der Waals surface area contributed by atoms with E-state index in [0.717, 1.165) is 20.8 Å². The number of aliphatic hydroxyl groups excluding tert-OH is 3. The van der Waals surface area contributed by atoms with Crippen molar-refractivity contribution < 1.29 is 49.8 Å². The van der Waals surface area contributed by atoms with Crippen molar-refractivity contribution in [2.75, 3.05) is 13.2 Å². The second-order valence-corrected chi connectivity index (χ2v) is 2.71. The van der Waals surface area contributed by atoms with E-state index in [1.807, 2.05) is 0 Å². The summed E-state index contributed by atoms with van der Waals surface area (Å²) in [7, 11) is 0. The molecule has 0 aromatic heterocycles. The van der Waals surface area contributed by atoms with Gasteiger partial charge in [0.05, 0.1) is 13.2 Å². The highest BCUT2D eigenvalue weighted by Gasteiger charge is 1.93. The van der Waals surface area contributed by atoms with Gasteiger partial charge in [-0.15, -0.1) is 0 Å². The smallest absolute Gasteiger partial charge is 0.300 e. The van der Waals surface area contributed by atoms with Gasteiger partial charge in [-0.1, -0.05) is 0 Å². The maximum atomic E-state index is 9.00. The van der Waals surface area contributed by atoms with E-state index in [4.69, 9.17) is 49.8 Å². The molecule has 0 radical (unpaired) electrons. The Morgan fingerprint density at radius 3 is 1.00 bits per heavy atom. The molecule has 0 rings (SSSR count). The molecule has 0 saturated carbocycles. The number of primary amides is 1. The van der Waals surface area contributed by atoms with Crippen LogP contribution in [0.5, 0.6) is 0 Å². The number of carboxylic acid groups (broad SMARTS) is 3. The van der Waals surface area contributed by atoms with Crippen molar-refractivity contribution in [2.45, 2.75) is 26.9 Å². The van der Waals surface area contributed by atoms with E-state index in [2.05, 4.69) is 5.73 Å². The van der Waals surface area contributed by atoms with Crippen molar-refractivity contribution in [2.24, 2.45) is 5.73 Å². The fraction of sp³-hybridized carbons (Fsp3) is 0.600. The van der Waals surface area contributed by atoms with Gasteiger partial charge in [0.2, 0.25) is 6.41 Å². The Balaban J connectivity index is -0.0000000519. The first-order valence-electron chi connectivity index (χ1n) is 5.06. The van der Waals surface area contributed by atoms with Crippen molar-refractivity contribution in [3.63, 3.8) is 0 Å². The van der Waals surface area contributed by atoms with Crippen LogP contribution in [0.3, 0.4) is 0 Å². The molecule has 11 heteroatoms. The molecular weight excluding hydrogens is 294 g/mol. The number of carboxylic acids is 3. The lowest BCUT2D eigenvalue weighted by atomic mass is 10.4. The predicted octanol–water partition coefficient (Wildman–Crippen LogP) is -2.29. The van der Waals surface area contributed by atoms with E-state index in [1.165, 1.54) is 0 Å². The van der Waals surface area contributed by atoms with Gasteiger partial charge in [-0.3, -0.25) is 19.2 Å². The lowest BCUT2D eigenvalue weighted by Gasteiger charge is -1.96. The molecule has 0 unspecified atom stereocenters. The number of aliphatic hydroxyl groups is 3. The molecule has 0 aromatic carbocycles. The normalized spacial score (nSPS) is 7.00. The van der Waals surface area contributed by atoms with Gasteiger partial charge < -0.3 is 36.4 Å². The molecule has 0 heterocycles. The fourth-order valence-corrected chi connectivity index (χ4v) is 0.0577. The number of nitrogens with two attached hydrogens (primary N) is 1. The van der Waals surface area contributed by atoms with Crippen LogP contribution in [0.4, 0.5) is 0 Å². The van der Waals surface area contributed by atoms with E-state index in [-0.39, 0.29) is 19.6 Å². The molecule has 0 aliphatic heterocycles. The van der Waals surface area contributed by atoms with Crippen LogP contribution in [0.25, 0.3) is 0 Å². The summed E-state index contributed by atoms with van der Waals surface area (Å²) in [6, 6.07) is 0. The van der Waals surface area contributed by atoms with Gasteiger partial charge in [0.25, 0.3) is 17.9 Å². The molecule has 8 N–H and O–H groups in total. The molecule has 0 aliphatic carbocycles. The van der Waals surface area contributed by atoms with E-state index in [9.17, 15) is 0 Å². The number of carbonyl (C=O) groups is 4. The number of hydrogen-bond donors (Lipinski definition) is 7. The number of aliphatic carboxylic acids is 3. The van der Waals surface area contributed by atoms with E-state index < -0.39 is 24.0 Å². The monoisotopic (exact) mass is 317 g/mol. The summed E-state index contributed by atoms with van der Waals surface area (Å²) < 4.78 is 0. The van der Waals surface area contributed by atoms with Crippen molar-refractivity contribution in [3.05, 3.63) is 0 Å². The number of rotatable bonds is 2. The van der Waals surface area contributed by atoms with Gasteiger partial charge in [-0.2, -0.15) is 0 Å². The highest BCUT2D eigenvalue weighted by Crippen LogP contribution is 1.71. The van der Waals surface area contributed by atoms with Crippen LogP contribution in [0.1, 0.15) is 20.8 Å². The Morgan fingerprint density at radius 1 is 0.905 bits per heavy atom. The molecule has 11 nitrogen and oxygen atoms in total. The van der Waals surface area contributed by atoms with E-state index >= 15 is 0 Å². The molecule has 0 fully saturated rings. The van der Waals surface area contributed by atoms with Gasteiger partial charge in [0.15, 0.2) is 0 Å². The molecule has 0 aliphatic rings. The summed E-state index contributed by atoms with van der Waals surface area (Å²) in [4.78, 5) is 35.6. The van der Waals surface area contributed by atoms with Crippen molar-refractivity contribution >= 4 is 24.3 Å². The number of hydrogen-bond acceptors (Lipinski definition) is 7. The van der Waals surface area contributed by atoms with Gasteiger partial charge in [-0.25, -0.2) is 0 Å². The zero-order valence-corrected chi connectivity index (χ0v) is 12.0. The Morgan fingerprint density at radius 2 is 1.00 bits per heavy atom. The Hall–Kier alpha value is -2.24. The van der Waals surface area contributed by atoms with Crippen LogP contribution in [0.15, 0.2) is 0 Å². The van der Waals surface area contributed by atoms with Crippen LogP contribution >= 0.6 is 0 Å². The Labute approximate surface area is 121 Å². The average Bonchev–Trinajstić information content (AvgIpc) is 2.26. The maximum Gasteiger partial charge on any atom is 0.300 e. The highest BCUT2D eigenvalue weighted by molar-refractivity contribution is 5.63. The first kappa shape index (κ1) is 31.3. The summed E-state index contributed by atoms with van der Waals surface area (Å²) in [5.41, 5.74) is 4.17. The van der Waals surface area contributed by atoms with Crippen molar-refractivity contribution in [1.29, 1.82) is 0 Å². The molecule has 0 atom stereocenters. The summed E-state index contributed by atoms with van der Waals surface area (Å²) >= 11 is 0. The highest BCUT2D eigenvalue weighted by atomic mass is 16.4. The topological polar surface area (TPSA) is 216 Å². The lowest BCUT2D eigenvalue weighted by molar-refractivity contribution is -0.135. The molecule has 0 bridgehead atoms. The average molecular weight is 317 g/mol. The fourth-order valence-electron chi connectivity index (χ4n) is 0.0577. The molecule has 0 spiro atoms. The standard InChI is InChI=1S/C3H8O3.3C2H4O2.CH3NO/c4-1-3(6)2-5;3*1-2(3)4;2-1-3/h3-6H,1-2H2;3*1H3,(H,3,4);1H,(H2,2,3). The van der Waals surface area contributed by atoms with Crippen LogP contribution in [-0.4, -0.2) is 74.3 Å². The first-order valence-corrected chi connectivity index (χ1v) is 5.06. The zero-order valence-electron chi connectivity index (χ0n) is 12.0. The summed E-state index contributed by atoms with van der Waals surface area (Å²) in [6.45, 7) is 2.52. The van der Waals surface area contributed by atoms with Crippen LogP contribution in [-0.2, 0) is 19.2 Å². The number of amides is 1. The first-order chi connectivity index (χ1) is 9.42. The van der Waals surface area contributed by atoms with Crippen LogP contribution in [0, 0.1) is 0 Å². The Bertz CT molecular complexity index is 212. The van der Waals surface area contributed by atoms with E-state index in [0.29, 0.717) is 0 Å². The lowest BCUT2D eigenvalue weighted by Crippen LogP contribution is -2.15. The quantitative estimate of drug-likeness (QED) is 0.270. The van der Waals surface area contributed by atoms with Crippen molar-refractivity contribution in [3.8, 4) is 0 Å². The SMILES string of the molecule is CC(=O)O.CC(=O)O.CC(=O)O.NC=O.OCC(O)CO. The third-order valence-corrected chi connectivity index (χ3v) is 0.421. The van der Waals surface area contributed by atoms with E-state index in [1.54, 1.807) is 0 Å². The molecule has 1 amide bonds. The van der Waals surface area contributed by atoms with Crippen LogP contribution in [0.2, 0.25) is 0 Å². The summed E-state index contributed by atoms with van der Waals surface area (Å²) in [6.07, 6.45) is -0.704. The minimum atomic E-state index is -0.954. The molecule has 0 aromatic rings. The zero-order chi connectivity index (χ0) is 18.4. The van der Waals surface area contributed by atoms with Gasteiger partial charge in [0, 0.05) is 20.8 Å². The van der Waals surface area contributed by atoms with Gasteiger partial charge in [-0.05, 0) is 0 Å². The largest absolute Gasteiger partial charge is 0.481 e. The molecule has 128 valence electrons. The van der Waals surface area contributed by atoms with Crippen molar-refractivity contribution in [1.82, 2.24) is 0 Å². The van der Waals surface area contributed by atoms with Crippen LogP contribution < -0.4 is 5.73 Å². The molecule has 21 heavy (non-hydrogen) atoms. The molecule has 0 saturated heterocycles. The molecular formula is C10H23NO10. The Kier molecular flexibility index (Phi) is 45.6. The number of carbonyl (C=O) groups excluding carboxylic acids is 1. The minimum Gasteiger partial charge on any atom is -0.481 e. The second kappa shape index (κ2) is 30.6. The maximum absolute atomic E-state index is 9.00. The summed E-state index contributed by atoms with van der Waals surface area (Å²) in [5, 5.41) is 46.3. The third-order valence-electron chi connectivity index (χ3n) is 0.421. The minimum absolute atomic E-state index is 0.250. The van der Waals surface area contributed by atoms with Gasteiger partial charge in [0.1, 0.15) is 6.10 Å². The van der Waals surface area contributed by atoms with Gasteiger partial charge >= 0.3 is 0 Å². The third kappa shape index (κ3) is 1420.